The van der Waals surface area contributed by atoms with Crippen LogP contribution in [0, 0.1) is 0 Å². The maximum Gasteiger partial charge on any atom is 0.238 e. The fourth-order valence-corrected chi connectivity index (χ4v) is 5.81. The van der Waals surface area contributed by atoms with Crippen LogP contribution in [0.3, 0.4) is 0 Å². The number of ether oxygens (including phenoxy) is 1. The first-order valence-electron chi connectivity index (χ1n) is 10.3. The van der Waals surface area contributed by atoms with Crippen LogP contribution in [0.15, 0.2) is 66.7 Å². The van der Waals surface area contributed by atoms with Crippen LogP contribution in [0.5, 0.6) is 5.75 Å². The van der Waals surface area contributed by atoms with E-state index in [2.05, 4.69) is 5.32 Å². The van der Waals surface area contributed by atoms with Gasteiger partial charge in [0.1, 0.15) is 5.75 Å². The number of nitrogens with one attached hydrogen (secondary N) is 1. The lowest BCUT2D eigenvalue weighted by Crippen LogP contribution is -2.41. The van der Waals surface area contributed by atoms with Gasteiger partial charge in [-0.05, 0) is 35.6 Å². The summed E-state index contributed by atoms with van der Waals surface area (Å²) in [6.45, 7) is 0.614. The van der Waals surface area contributed by atoms with Crippen molar-refractivity contribution in [3.05, 3.63) is 72.3 Å². The molecule has 3 aromatic rings. The van der Waals surface area contributed by atoms with Crippen LogP contribution in [-0.4, -0.2) is 50.4 Å². The van der Waals surface area contributed by atoms with Crippen molar-refractivity contribution < 1.29 is 17.9 Å². The molecule has 7 heteroatoms. The normalized spacial score (nSPS) is 17.7. The molecule has 1 aliphatic heterocycles. The zero-order valence-electron chi connectivity index (χ0n) is 17.5. The second-order valence-electron chi connectivity index (χ2n) is 7.88. The molecule has 1 N–H and O–H groups in total. The fourth-order valence-electron chi connectivity index (χ4n) is 4.05. The van der Waals surface area contributed by atoms with E-state index < -0.39 is 9.84 Å². The highest BCUT2D eigenvalue weighted by Gasteiger charge is 2.33. The largest absolute Gasteiger partial charge is 0.497 e. The van der Waals surface area contributed by atoms with Gasteiger partial charge in [0.15, 0.2) is 9.84 Å². The predicted octanol–water partition coefficient (Wildman–Crippen LogP) is 3.48. The molecule has 0 saturated carbocycles. The summed E-state index contributed by atoms with van der Waals surface area (Å²) in [4.78, 5) is 14.9. The summed E-state index contributed by atoms with van der Waals surface area (Å²) in [6.07, 6.45) is 0.542. The third-order valence-electron chi connectivity index (χ3n) is 5.68. The van der Waals surface area contributed by atoms with E-state index >= 15 is 0 Å². The third-order valence-corrected chi connectivity index (χ3v) is 7.43. The Bertz CT molecular complexity index is 1170. The van der Waals surface area contributed by atoms with Gasteiger partial charge in [0.25, 0.3) is 0 Å². The molecule has 0 aromatic heterocycles. The van der Waals surface area contributed by atoms with Gasteiger partial charge in [-0.15, -0.1) is 0 Å². The Morgan fingerprint density at radius 2 is 1.81 bits per heavy atom. The average Bonchev–Trinajstić information content (AvgIpc) is 3.14. The van der Waals surface area contributed by atoms with E-state index in [0.29, 0.717) is 13.0 Å². The number of hydrogen-bond acceptors (Lipinski definition) is 5. The monoisotopic (exact) mass is 438 g/mol. The maximum atomic E-state index is 13.0. The number of rotatable bonds is 7. The summed E-state index contributed by atoms with van der Waals surface area (Å²) < 4.78 is 29.3. The van der Waals surface area contributed by atoms with Gasteiger partial charge in [-0.3, -0.25) is 9.69 Å². The lowest BCUT2D eigenvalue weighted by Gasteiger charge is -2.27. The van der Waals surface area contributed by atoms with Crippen LogP contribution in [0.2, 0.25) is 0 Å². The molecule has 0 spiro atoms. The minimum Gasteiger partial charge on any atom is -0.497 e. The Hall–Kier alpha value is -2.90. The molecular weight excluding hydrogens is 412 g/mol. The zero-order valence-corrected chi connectivity index (χ0v) is 18.3. The molecule has 0 radical (unpaired) electrons. The van der Waals surface area contributed by atoms with Crippen molar-refractivity contribution in [1.29, 1.82) is 0 Å². The van der Waals surface area contributed by atoms with Crippen LogP contribution in [0.25, 0.3) is 10.8 Å². The van der Waals surface area contributed by atoms with Gasteiger partial charge in [-0.2, -0.15) is 0 Å². The van der Waals surface area contributed by atoms with E-state index in [4.69, 9.17) is 4.74 Å². The van der Waals surface area contributed by atoms with Gasteiger partial charge < -0.3 is 10.1 Å². The minimum absolute atomic E-state index is 0.0880. The summed E-state index contributed by atoms with van der Waals surface area (Å²) in [6, 6.07) is 21.1. The van der Waals surface area contributed by atoms with Gasteiger partial charge in [-0.1, -0.05) is 48.5 Å². The lowest BCUT2D eigenvalue weighted by atomic mass is 10.1. The van der Waals surface area contributed by atoms with Crippen molar-refractivity contribution in [2.45, 2.75) is 19.0 Å². The van der Waals surface area contributed by atoms with Crippen molar-refractivity contribution in [1.82, 2.24) is 4.90 Å². The average molecular weight is 439 g/mol. The van der Waals surface area contributed by atoms with E-state index in [-0.39, 0.29) is 30.0 Å². The van der Waals surface area contributed by atoms with E-state index in [9.17, 15) is 13.2 Å². The first-order chi connectivity index (χ1) is 14.9. The molecule has 1 unspecified atom stereocenters. The van der Waals surface area contributed by atoms with Crippen LogP contribution in [0.4, 0.5) is 5.69 Å². The Balaban J connectivity index is 1.52. The van der Waals surface area contributed by atoms with Gasteiger partial charge in [0.05, 0.1) is 25.2 Å². The van der Waals surface area contributed by atoms with Crippen LogP contribution < -0.4 is 10.1 Å². The summed E-state index contributed by atoms with van der Waals surface area (Å²) in [5, 5.41) is 5.04. The van der Waals surface area contributed by atoms with Crippen molar-refractivity contribution in [3.63, 3.8) is 0 Å². The number of fused-ring (bicyclic) bond motifs is 1. The number of sulfone groups is 1. The van der Waals surface area contributed by atoms with Crippen LogP contribution in [0.1, 0.15) is 12.0 Å². The molecule has 1 atom stereocenters. The molecule has 31 heavy (non-hydrogen) atoms. The highest BCUT2D eigenvalue weighted by molar-refractivity contribution is 7.91. The quantitative estimate of drug-likeness (QED) is 0.611. The smallest absolute Gasteiger partial charge is 0.238 e. The number of anilines is 1. The van der Waals surface area contributed by atoms with Gasteiger partial charge in [0, 0.05) is 23.7 Å². The first-order valence-corrected chi connectivity index (χ1v) is 12.1. The van der Waals surface area contributed by atoms with Crippen molar-refractivity contribution >= 4 is 32.2 Å². The SMILES string of the molecule is COc1ccc(CN(CC(=O)Nc2cccc3ccccc23)C2CCS(=O)(=O)C2)cc1. The molecular formula is C24H26N2O4S. The Morgan fingerprint density at radius 1 is 1.06 bits per heavy atom. The molecule has 6 nitrogen and oxygen atoms in total. The summed E-state index contributed by atoms with van der Waals surface area (Å²) >= 11 is 0. The Morgan fingerprint density at radius 3 is 2.52 bits per heavy atom. The molecule has 1 amide bonds. The highest BCUT2D eigenvalue weighted by atomic mass is 32.2. The van der Waals surface area contributed by atoms with E-state index in [0.717, 1.165) is 27.8 Å². The number of carbonyl (C=O) groups excluding carboxylic acids is 1. The number of methoxy groups -OCH3 is 1. The first kappa shape index (κ1) is 21.3. The number of carbonyl (C=O) groups is 1. The molecule has 1 fully saturated rings. The van der Waals surface area contributed by atoms with Crippen LogP contribution in [-0.2, 0) is 21.2 Å². The Kier molecular flexibility index (Phi) is 6.25. The number of benzene rings is 3. The molecule has 1 saturated heterocycles. The van der Waals surface area contributed by atoms with Gasteiger partial charge in [0.2, 0.25) is 5.91 Å². The number of nitrogens with zero attached hydrogens (tertiary/aromatic N) is 1. The zero-order chi connectivity index (χ0) is 21.8. The van der Waals surface area contributed by atoms with E-state index in [1.807, 2.05) is 71.6 Å². The lowest BCUT2D eigenvalue weighted by molar-refractivity contribution is -0.117. The van der Waals surface area contributed by atoms with Crippen molar-refractivity contribution in [2.24, 2.45) is 0 Å². The van der Waals surface area contributed by atoms with Crippen molar-refractivity contribution in [2.75, 3.05) is 30.5 Å². The van der Waals surface area contributed by atoms with Gasteiger partial charge >= 0.3 is 0 Å². The highest BCUT2D eigenvalue weighted by Crippen LogP contribution is 2.24. The van der Waals surface area contributed by atoms with Gasteiger partial charge in [-0.25, -0.2) is 8.42 Å². The minimum atomic E-state index is -3.06. The van der Waals surface area contributed by atoms with E-state index in [1.165, 1.54) is 0 Å². The summed E-state index contributed by atoms with van der Waals surface area (Å²) in [7, 11) is -1.45. The Labute approximate surface area is 182 Å². The van der Waals surface area contributed by atoms with Crippen molar-refractivity contribution in [3.8, 4) is 5.75 Å². The third kappa shape index (κ3) is 5.24. The molecule has 0 aliphatic carbocycles. The molecule has 162 valence electrons. The maximum absolute atomic E-state index is 13.0. The predicted molar refractivity (Wildman–Crippen MR) is 123 cm³/mol. The topological polar surface area (TPSA) is 75.7 Å². The standard InChI is InChI=1S/C24H26N2O4S/c1-30-21-11-9-18(10-12-21)15-26(20-13-14-31(28,29)17-20)16-24(27)25-23-8-4-6-19-5-2-3-7-22(19)23/h2-12,20H,13-17H2,1H3,(H,25,27). The molecule has 0 bridgehead atoms. The number of hydrogen-bond donors (Lipinski definition) is 1. The molecule has 4 rings (SSSR count). The van der Waals surface area contributed by atoms with E-state index in [1.54, 1.807) is 7.11 Å². The molecule has 1 heterocycles. The molecule has 1 aliphatic rings. The second kappa shape index (κ2) is 9.08. The summed E-state index contributed by atoms with van der Waals surface area (Å²) in [5.41, 5.74) is 1.76. The molecule has 3 aromatic carbocycles. The number of amides is 1. The summed E-state index contributed by atoms with van der Waals surface area (Å²) in [5.74, 6) is 0.855. The second-order valence-corrected chi connectivity index (χ2v) is 10.1. The van der Waals surface area contributed by atoms with Crippen LogP contribution >= 0.6 is 0 Å². The fraction of sp³-hybridized carbons (Fsp3) is 0.292.